The molecule has 6 rings (SSSR count). The second-order valence-electron chi connectivity index (χ2n) is 7.31. The predicted octanol–water partition coefficient (Wildman–Crippen LogP) is 5.73. The van der Waals surface area contributed by atoms with E-state index in [9.17, 15) is 0 Å². The summed E-state index contributed by atoms with van der Waals surface area (Å²) in [6.45, 7) is 0. The molecular weight excluding hydrogens is 375 g/mol. The zero-order valence-corrected chi connectivity index (χ0v) is 16.9. The molecule has 0 amide bonds. The quantitative estimate of drug-likeness (QED) is 0.322. The van der Waals surface area contributed by atoms with Crippen molar-refractivity contribution in [3.8, 4) is 11.1 Å². The van der Waals surface area contributed by atoms with Gasteiger partial charge in [0.25, 0.3) is 0 Å². The van der Waals surface area contributed by atoms with Crippen molar-refractivity contribution in [2.24, 2.45) is 0 Å². The van der Waals surface area contributed by atoms with Gasteiger partial charge in [0.2, 0.25) is 0 Å². The summed E-state index contributed by atoms with van der Waals surface area (Å²) in [6, 6.07) is 35.1. The monoisotopic (exact) mass is 392 g/mol. The summed E-state index contributed by atoms with van der Waals surface area (Å²) < 4.78 is 0. The highest BCUT2D eigenvalue weighted by atomic mass is 32.4. The van der Waals surface area contributed by atoms with Crippen LogP contribution in [0.1, 0.15) is 0 Å². The van der Waals surface area contributed by atoms with Gasteiger partial charge in [-0.2, -0.15) is 0 Å². The van der Waals surface area contributed by atoms with Gasteiger partial charge >= 0.3 is 0 Å². The van der Waals surface area contributed by atoms with E-state index in [0.29, 0.717) is 0 Å². The molecule has 28 heavy (non-hydrogen) atoms. The largest absolute Gasteiger partial charge is 0.0826 e. The van der Waals surface area contributed by atoms with Crippen molar-refractivity contribution < 1.29 is 0 Å². The fourth-order valence-electron chi connectivity index (χ4n) is 4.62. The molecular formula is C26H17PS. The van der Waals surface area contributed by atoms with E-state index in [1.807, 2.05) is 0 Å². The maximum atomic E-state index is 6.58. The molecule has 0 spiro atoms. The summed E-state index contributed by atoms with van der Waals surface area (Å²) >= 11 is 6.58. The van der Waals surface area contributed by atoms with Crippen LogP contribution in [0.25, 0.3) is 32.7 Å². The molecule has 0 unspecified atom stereocenters. The summed E-state index contributed by atoms with van der Waals surface area (Å²) in [7, 11) is 0. The molecule has 0 aromatic heterocycles. The van der Waals surface area contributed by atoms with Crippen LogP contribution in [0.3, 0.4) is 0 Å². The maximum Gasteiger partial charge on any atom is 0.0392 e. The Balaban J connectivity index is 1.87. The number of fused-ring (bicyclic) bond motifs is 7. The highest BCUT2D eigenvalue weighted by Crippen LogP contribution is 2.55. The van der Waals surface area contributed by atoms with Gasteiger partial charge in [0.1, 0.15) is 0 Å². The van der Waals surface area contributed by atoms with Crippen molar-refractivity contribution in [1.29, 1.82) is 0 Å². The lowest BCUT2D eigenvalue weighted by Crippen LogP contribution is -2.20. The van der Waals surface area contributed by atoms with Gasteiger partial charge in [-0.15, -0.1) is 0 Å². The lowest BCUT2D eigenvalue weighted by molar-refractivity contribution is 1.75. The molecule has 0 saturated heterocycles. The first-order valence-electron chi connectivity index (χ1n) is 9.49. The molecule has 0 bridgehead atoms. The van der Waals surface area contributed by atoms with Gasteiger partial charge in [-0.3, -0.25) is 0 Å². The summed E-state index contributed by atoms with van der Waals surface area (Å²) in [4.78, 5) is 0. The van der Waals surface area contributed by atoms with E-state index in [2.05, 4.69) is 103 Å². The minimum Gasteiger partial charge on any atom is -0.0826 e. The van der Waals surface area contributed by atoms with Crippen LogP contribution in [0, 0.1) is 0 Å². The van der Waals surface area contributed by atoms with Crippen molar-refractivity contribution in [1.82, 2.24) is 0 Å². The number of rotatable bonds is 1. The minimum atomic E-state index is -2.08. The van der Waals surface area contributed by atoms with E-state index in [-0.39, 0.29) is 0 Å². The van der Waals surface area contributed by atoms with Crippen molar-refractivity contribution >= 4 is 55.3 Å². The molecule has 5 aromatic carbocycles. The van der Waals surface area contributed by atoms with Crippen LogP contribution < -0.4 is 15.9 Å². The van der Waals surface area contributed by atoms with Crippen LogP contribution >= 0.6 is 6.04 Å². The molecule has 0 saturated carbocycles. The summed E-state index contributed by atoms with van der Waals surface area (Å²) in [5, 5.41) is 9.10. The molecule has 1 aliphatic heterocycles. The van der Waals surface area contributed by atoms with Crippen molar-refractivity contribution in [2.45, 2.75) is 0 Å². The maximum absolute atomic E-state index is 6.58. The van der Waals surface area contributed by atoms with Gasteiger partial charge in [0.05, 0.1) is 0 Å². The topological polar surface area (TPSA) is 0 Å². The minimum absolute atomic E-state index is 1.27. The molecule has 1 aliphatic rings. The van der Waals surface area contributed by atoms with Gasteiger partial charge in [-0.05, 0) is 38.0 Å². The lowest BCUT2D eigenvalue weighted by Gasteiger charge is -2.20. The standard InChI is InChI=1S/C26H17PS/c28-27(20-10-2-1-3-11-20)23-16-14-18-8-4-6-12-21(18)25(23)26-22-13-7-5-9-19(22)15-17-24(26)27/h1-17H. The normalized spacial score (nSPS) is 14.1. The van der Waals surface area contributed by atoms with Gasteiger partial charge in [0, 0.05) is 16.6 Å². The fourth-order valence-corrected chi connectivity index (χ4v) is 8.97. The van der Waals surface area contributed by atoms with E-state index < -0.39 is 6.04 Å². The first kappa shape index (κ1) is 16.2. The zero-order chi connectivity index (χ0) is 18.7. The molecule has 5 aromatic rings. The molecule has 132 valence electrons. The van der Waals surface area contributed by atoms with Crippen LogP contribution in [-0.4, -0.2) is 0 Å². The van der Waals surface area contributed by atoms with Crippen molar-refractivity contribution in [2.75, 3.05) is 0 Å². The first-order valence-corrected chi connectivity index (χ1v) is 12.3. The summed E-state index contributed by atoms with van der Waals surface area (Å²) in [5.41, 5.74) is 2.69. The van der Waals surface area contributed by atoms with Crippen LogP contribution in [-0.2, 0) is 11.8 Å². The molecule has 0 nitrogen and oxygen atoms in total. The SMILES string of the molecule is S=P1(c2ccccc2)c2ccc3ccccc3c2-c2c1ccc1ccccc21. The highest BCUT2D eigenvalue weighted by molar-refractivity contribution is 8.26. The Morgan fingerprint density at radius 2 is 0.929 bits per heavy atom. The van der Waals surface area contributed by atoms with E-state index in [0.717, 1.165) is 0 Å². The van der Waals surface area contributed by atoms with Gasteiger partial charge in [0.15, 0.2) is 0 Å². The molecule has 0 aliphatic carbocycles. The number of hydrogen-bond acceptors (Lipinski definition) is 1. The van der Waals surface area contributed by atoms with E-state index >= 15 is 0 Å². The Labute approximate surface area is 169 Å². The molecule has 1 heterocycles. The smallest absolute Gasteiger partial charge is 0.0392 e. The van der Waals surface area contributed by atoms with E-state index in [1.165, 1.54) is 48.6 Å². The number of hydrogen-bond donors (Lipinski definition) is 0. The third kappa shape index (κ3) is 2.04. The Bertz CT molecular complexity index is 1340. The second kappa shape index (κ2) is 5.88. The van der Waals surface area contributed by atoms with Crippen LogP contribution in [0.2, 0.25) is 0 Å². The van der Waals surface area contributed by atoms with Gasteiger partial charge in [-0.25, -0.2) is 0 Å². The average Bonchev–Trinajstić information content (AvgIpc) is 3.05. The molecule has 0 fully saturated rings. The molecule has 0 radical (unpaired) electrons. The Morgan fingerprint density at radius 1 is 0.464 bits per heavy atom. The summed E-state index contributed by atoms with van der Waals surface area (Å²) in [6.07, 6.45) is 0. The number of benzene rings is 5. The average molecular weight is 392 g/mol. The van der Waals surface area contributed by atoms with Gasteiger partial charge in [-0.1, -0.05) is 115 Å². The second-order valence-corrected chi connectivity index (χ2v) is 11.6. The van der Waals surface area contributed by atoms with Crippen LogP contribution in [0.4, 0.5) is 0 Å². The highest BCUT2D eigenvalue weighted by Gasteiger charge is 2.37. The van der Waals surface area contributed by atoms with Crippen LogP contribution in [0.5, 0.6) is 0 Å². The third-order valence-corrected chi connectivity index (χ3v) is 10.8. The van der Waals surface area contributed by atoms with E-state index in [1.54, 1.807) is 0 Å². The lowest BCUT2D eigenvalue weighted by atomic mass is 9.94. The third-order valence-electron chi connectivity index (χ3n) is 5.86. The zero-order valence-electron chi connectivity index (χ0n) is 15.2. The van der Waals surface area contributed by atoms with E-state index in [4.69, 9.17) is 11.8 Å². The Hall–Kier alpha value is -2.73. The first-order chi connectivity index (χ1) is 13.8. The van der Waals surface area contributed by atoms with Crippen molar-refractivity contribution in [3.05, 3.63) is 103 Å². The Morgan fingerprint density at radius 3 is 1.46 bits per heavy atom. The van der Waals surface area contributed by atoms with Crippen LogP contribution in [0.15, 0.2) is 103 Å². The van der Waals surface area contributed by atoms with Gasteiger partial charge < -0.3 is 0 Å². The molecule has 2 heteroatoms. The van der Waals surface area contributed by atoms with Crippen molar-refractivity contribution in [3.63, 3.8) is 0 Å². The Kier molecular flexibility index (Phi) is 3.41. The molecule has 0 atom stereocenters. The molecule has 0 N–H and O–H groups in total. The summed E-state index contributed by atoms with van der Waals surface area (Å²) in [5.74, 6) is 0. The fraction of sp³-hybridized carbons (Fsp3) is 0. The predicted molar refractivity (Wildman–Crippen MR) is 127 cm³/mol.